The van der Waals surface area contributed by atoms with Crippen molar-refractivity contribution in [1.82, 2.24) is 0 Å². The summed E-state index contributed by atoms with van der Waals surface area (Å²) in [6, 6.07) is 0. The van der Waals surface area contributed by atoms with Crippen LogP contribution in [0.15, 0.2) is 0 Å². The first-order valence-electron chi connectivity index (χ1n) is 1.35. The molecule has 0 saturated heterocycles. The lowest BCUT2D eigenvalue weighted by Crippen LogP contribution is -1.98. The predicted octanol–water partition coefficient (Wildman–Crippen LogP) is 0.341. The van der Waals surface area contributed by atoms with Crippen molar-refractivity contribution in [3.05, 3.63) is 0 Å². The molecule has 0 rings (SSSR count). The van der Waals surface area contributed by atoms with Crippen LogP contribution in [-0.4, -0.2) is 11.0 Å². The second-order valence-corrected chi connectivity index (χ2v) is 1.17. The minimum absolute atomic E-state index is 0.614. The summed E-state index contributed by atoms with van der Waals surface area (Å²) in [5.74, 6) is -0.614. The smallest absolute Gasteiger partial charge is 0.287 e. The number of rotatable bonds is 1. The third-order valence-corrected chi connectivity index (χ3v) is 0.543. The van der Waals surface area contributed by atoms with Gasteiger partial charge in [0.1, 0.15) is 0 Å². The molecule has 0 aromatic carbocycles. The Morgan fingerprint density at radius 2 is 1.67 bits per heavy atom. The Morgan fingerprint density at radius 1 is 1.50 bits per heavy atom. The van der Waals surface area contributed by atoms with E-state index in [1.165, 1.54) is 0 Å². The molecule has 0 aromatic rings. The first-order chi connectivity index (χ1) is 2.64. The zero-order valence-electron chi connectivity index (χ0n) is 3.19. The Morgan fingerprint density at radius 3 is 1.67 bits per heavy atom. The summed E-state index contributed by atoms with van der Waals surface area (Å²) in [7, 11) is 0. The summed E-state index contributed by atoms with van der Waals surface area (Å²) in [4.78, 5) is 19.2. The maximum Gasteiger partial charge on any atom is 0.287 e. The average molecular weight is 108 g/mol. The van der Waals surface area contributed by atoms with Crippen LogP contribution in [0.4, 0.5) is 0 Å². The fraction of sp³-hybridized carbons (Fsp3) is 0.333. The van der Waals surface area contributed by atoms with Crippen molar-refractivity contribution in [1.29, 1.82) is 0 Å². The molecule has 6 heavy (non-hydrogen) atoms. The van der Waals surface area contributed by atoms with Crippen molar-refractivity contribution in [2.45, 2.75) is 6.92 Å². The van der Waals surface area contributed by atoms with Gasteiger partial charge in [0.25, 0.3) is 5.24 Å². The Balaban J connectivity index is 3.57. The lowest BCUT2D eigenvalue weighted by molar-refractivity contribution is -0.130. The molecule has 0 fully saturated rings. The van der Waals surface area contributed by atoms with Gasteiger partial charge in [0.05, 0.1) is 0 Å². The lowest BCUT2D eigenvalue weighted by Gasteiger charge is -1.70. The van der Waals surface area contributed by atoms with Crippen LogP contribution in [0.1, 0.15) is 6.92 Å². The van der Waals surface area contributed by atoms with E-state index >= 15 is 0 Å². The van der Waals surface area contributed by atoms with Crippen LogP contribution in [0.25, 0.3) is 0 Å². The first kappa shape index (κ1) is 5.63. The van der Waals surface area contributed by atoms with E-state index in [1.807, 2.05) is 0 Å². The van der Waals surface area contributed by atoms with Crippen LogP contribution in [0, 0.1) is 0 Å². The van der Waals surface area contributed by atoms with Crippen molar-refractivity contribution in [3.63, 3.8) is 0 Å². The highest BCUT2D eigenvalue weighted by Crippen LogP contribution is 1.77. The van der Waals surface area contributed by atoms with Crippen molar-refractivity contribution in [2.75, 3.05) is 0 Å². The van der Waals surface area contributed by atoms with Crippen molar-refractivity contribution < 1.29 is 9.59 Å². The molecule has 0 aliphatic heterocycles. The number of Topliss-reactive ketones (excluding diaryl/α,β-unsaturated/α-hetero) is 1. The zero-order valence-corrected chi connectivity index (χ0v) is 3.95. The molecule has 0 aliphatic carbocycles. The van der Waals surface area contributed by atoms with Gasteiger partial charge < -0.3 is 0 Å². The summed E-state index contributed by atoms with van der Waals surface area (Å²) in [5.41, 5.74) is 0. The van der Waals surface area contributed by atoms with Crippen LogP contribution in [0.2, 0.25) is 0 Å². The van der Waals surface area contributed by atoms with E-state index in [4.69, 9.17) is 0 Å². The molecule has 0 amide bonds. The highest BCUT2D eigenvalue weighted by Gasteiger charge is 1.98. The Kier molecular flexibility index (Phi) is 1.81. The molecule has 0 atom stereocenters. The topological polar surface area (TPSA) is 34.1 Å². The van der Waals surface area contributed by atoms with E-state index < -0.39 is 11.0 Å². The van der Waals surface area contributed by atoms with Crippen LogP contribution in [-0.2, 0) is 9.59 Å². The molecule has 0 N–H and O–H groups in total. The van der Waals surface area contributed by atoms with Crippen molar-refractivity contribution in [2.24, 2.45) is 0 Å². The molecule has 0 aliphatic rings. The van der Waals surface area contributed by atoms with Crippen molar-refractivity contribution in [3.8, 4) is 0 Å². The molecule has 0 spiro atoms. The molecule has 0 aromatic heterocycles. The largest absolute Gasteiger partial charge is 0.290 e. The van der Waals surface area contributed by atoms with E-state index in [2.05, 4.69) is 11.6 Å². The normalized spacial score (nSPS) is 7.67. The molecule has 2 nitrogen and oxygen atoms in total. The monoisotopic (exact) mass is 107 g/mol. The third-order valence-electron chi connectivity index (χ3n) is 0.277. The van der Waals surface area contributed by atoms with Gasteiger partial charge in [0, 0.05) is 6.92 Å². The van der Waals surface area contributed by atoms with Gasteiger partial charge in [-0.15, -0.1) is 0 Å². The first-order valence-corrected chi connectivity index (χ1v) is 1.73. The van der Waals surface area contributed by atoms with Gasteiger partial charge in [-0.2, -0.15) is 0 Å². The summed E-state index contributed by atoms with van der Waals surface area (Å²) in [6.45, 7) is 1.12. The van der Waals surface area contributed by atoms with Gasteiger partial charge >= 0.3 is 0 Å². The fourth-order valence-electron chi connectivity index (χ4n) is 0. The molecule has 0 saturated carbocycles. The maximum absolute atomic E-state index is 9.66. The van der Waals surface area contributed by atoms with Crippen LogP contribution in [0.3, 0.4) is 0 Å². The minimum Gasteiger partial charge on any atom is -0.290 e. The molecule has 0 bridgehead atoms. The van der Waals surface area contributed by atoms with Gasteiger partial charge in [0.15, 0.2) is 0 Å². The fourth-order valence-corrected chi connectivity index (χ4v) is 0. The number of hydrogen-bond acceptors (Lipinski definition) is 2. The highest BCUT2D eigenvalue weighted by molar-refractivity contribution is 6.80. The van der Waals surface area contributed by atoms with E-state index in [0.717, 1.165) is 6.92 Å². The van der Waals surface area contributed by atoms with E-state index in [-0.39, 0.29) is 0 Å². The quantitative estimate of drug-likeness (QED) is 0.275. The second-order valence-electron chi connectivity index (χ2n) is 0.830. The van der Waals surface area contributed by atoms with Gasteiger partial charge in [0.2, 0.25) is 5.78 Å². The summed E-state index contributed by atoms with van der Waals surface area (Å²) < 4.78 is 0. The summed E-state index contributed by atoms with van der Waals surface area (Å²) in [6.07, 6.45) is 0. The van der Waals surface area contributed by atoms with Crippen molar-refractivity contribution >= 4 is 22.6 Å². The Bertz CT molecular complexity index is 74.8. The molecule has 0 unspecified atom stereocenters. The number of ketones is 1. The highest BCUT2D eigenvalue weighted by atomic mass is 35.5. The van der Waals surface area contributed by atoms with E-state index in [0.29, 0.717) is 0 Å². The minimum atomic E-state index is -0.907. The lowest BCUT2D eigenvalue weighted by atomic mass is 10.7. The SMILES string of the molecule is CC(=O)[13C](=O)Cl. The van der Waals surface area contributed by atoms with Gasteiger partial charge in [-0.05, 0) is 11.6 Å². The standard InChI is InChI=1S/C3H3ClO2/c1-2(5)3(4)6/h1H3/i3+1. The molecule has 0 heterocycles. The van der Waals surface area contributed by atoms with Crippen LogP contribution >= 0.6 is 11.6 Å². The molecular weight excluding hydrogens is 104 g/mol. The van der Waals surface area contributed by atoms with Crippen LogP contribution in [0.5, 0.6) is 0 Å². The second kappa shape index (κ2) is 1.92. The molecule has 0 radical (unpaired) electrons. The summed E-state index contributed by atoms with van der Waals surface area (Å²) in [5, 5.41) is -0.907. The molecular formula is C3H3ClO2. The Hall–Kier alpha value is -0.370. The maximum atomic E-state index is 9.66. The average Bonchev–Trinajstić information content (AvgIpc) is 1.36. The predicted molar refractivity (Wildman–Crippen MR) is 21.5 cm³/mol. The van der Waals surface area contributed by atoms with Crippen LogP contribution < -0.4 is 0 Å². The van der Waals surface area contributed by atoms with Gasteiger partial charge in [-0.3, -0.25) is 9.59 Å². The zero-order chi connectivity index (χ0) is 5.15. The Labute approximate surface area is 40.1 Å². The number of carbonyl (C=O) groups is 2. The van der Waals surface area contributed by atoms with Gasteiger partial charge in [-0.25, -0.2) is 0 Å². The van der Waals surface area contributed by atoms with E-state index in [1.54, 1.807) is 0 Å². The van der Waals surface area contributed by atoms with Gasteiger partial charge in [-0.1, -0.05) is 0 Å². The number of hydrogen-bond donors (Lipinski definition) is 0. The molecule has 34 valence electrons. The van der Waals surface area contributed by atoms with E-state index in [9.17, 15) is 9.59 Å². The summed E-state index contributed by atoms with van der Waals surface area (Å²) >= 11 is 4.62. The molecule has 3 heteroatoms. The number of carbonyl (C=O) groups excluding carboxylic acids is 2. The number of halogens is 1. The third kappa shape index (κ3) is 1.91.